The summed E-state index contributed by atoms with van der Waals surface area (Å²) < 4.78 is 10.5. The molecule has 9 heteroatoms. The molecule has 0 saturated carbocycles. The highest BCUT2D eigenvalue weighted by Gasteiger charge is 2.20. The number of ether oxygens (including phenoxy) is 2. The van der Waals surface area contributed by atoms with E-state index < -0.39 is 11.9 Å². The van der Waals surface area contributed by atoms with Gasteiger partial charge in [-0.2, -0.15) is 0 Å². The van der Waals surface area contributed by atoms with Gasteiger partial charge in [0.2, 0.25) is 5.91 Å². The molecule has 3 radical (unpaired) electrons. The Hall–Kier alpha value is -3.46. The van der Waals surface area contributed by atoms with Crippen LogP contribution in [-0.2, 0) is 9.57 Å². The van der Waals surface area contributed by atoms with Crippen LogP contribution in [0.3, 0.4) is 0 Å². The van der Waals surface area contributed by atoms with Crippen molar-refractivity contribution in [1.29, 1.82) is 0 Å². The monoisotopic (exact) mass is 353 g/mol. The number of primary amides is 1. The topological polar surface area (TPSA) is 111 Å². The Bertz CT molecular complexity index is 884. The van der Waals surface area contributed by atoms with Gasteiger partial charge in [-0.15, -0.1) is 0 Å². The Morgan fingerprint density at radius 3 is 2.65 bits per heavy atom. The first-order chi connectivity index (χ1) is 12.0. The lowest BCUT2D eigenvalue weighted by molar-refractivity contribution is 0.0133. The van der Waals surface area contributed by atoms with E-state index in [1.54, 1.807) is 24.3 Å². The summed E-state index contributed by atoms with van der Waals surface area (Å²) in [6.45, 7) is 0. The number of hydrogen-bond donors (Lipinski definition) is 2. The van der Waals surface area contributed by atoms with E-state index in [4.69, 9.17) is 15.3 Å². The lowest BCUT2D eigenvalue weighted by Crippen LogP contribution is -2.19. The first kappa shape index (κ1) is 18.9. The van der Waals surface area contributed by atoms with Crippen LogP contribution in [0.5, 0.6) is 11.5 Å². The number of carbonyl (C=O) groups excluding carboxylic acids is 2. The van der Waals surface area contributed by atoms with Gasteiger partial charge in [-0.3, -0.25) is 10.0 Å². The Labute approximate surface area is 150 Å². The lowest BCUT2D eigenvalue weighted by Gasteiger charge is -2.22. The summed E-state index contributed by atoms with van der Waals surface area (Å²) >= 11 is 0. The van der Waals surface area contributed by atoms with Crippen molar-refractivity contribution >= 4 is 32.1 Å². The molecule has 1 aliphatic heterocycles. The number of rotatable bonds is 4. The summed E-state index contributed by atoms with van der Waals surface area (Å²) in [5.41, 5.74) is 6.27. The van der Waals surface area contributed by atoms with Crippen LogP contribution < -0.4 is 15.7 Å². The second-order valence-electron chi connectivity index (χ2n) is 5.04. The van der Waals surface area contributed by atoms with Crippen molar-refractivity contribution < 1.29 is 29.1 Å². The van der Waals surface area contributed by atoms with E-state index in [-0.39, 0.29) is 19.5 Å². The van der Waals surface area contributed by atoms with E-state index in [1.165, 1.54) is 31.6 Å². The molecule has 3 N–H and O–H groups in total. The van der Waals surface area contributed by atoms with E-state index in [9.17, 15) is 14.8 Å². The van der Waals surface area contributed by atoms with E-state index in [0.717, 1.165) is 0 Å². The summed E-state index contributed by atoms with van der Waals surface area (Å²) in [7, 11) is 1.20. The lowest BCUT2D eigenvalue weighted by atomic mass is 10.1. The molecule has 8 nitrogen and oxygen atoms in total. The van der Waals surface area contributed by atoms with E-state index in [1.807, 2.05) is 0 Å². The van der Waals surface area contributed by atoms with Crippen molar-refractivity contribution in [3.05, 3.63) is 59.4 Å². The van der Waals surface area contributed by atoms with Gasteiger partial charge in [0, 0.05) is 14.0 Å². The number of methoxy groups -OCH3 is 1. The molecule has 2 aromatic carbocycles. The number of anilines is 1. The molecule has 0 unspecified atom stereocenters. The molecule has 1 heterocycles. The molecule has 1 aliphatic rings. The summed E-state index contributed by atoms with van der Waals surface area (Å²) in [5, 5.41) is 10.3. The molecule has 0 saturated heterocycles. The van der Waals surface area contributed by atoms with Crippen LogP contribution in [0.15, 0.2) is 42.7 Å². The molecule has 0 spiro atoms. The molecule has 3 rings (SSSR count). The number of esters is 1. The zero-order valence-corrected chi connectivity index (χ0v) is 13.7. The fraction of sp³-hybridized carbons (Fsp3) is 0.0588. The Kier molecular flexibility index (Phi) is 5.53. The zero-order valence-electron chi connectivity index (χ0n) is 13.7. The summed E-state index contributed by atoms with van der Waals surface area (Å²) in [6, 6.07) is 9.25. The summed E-state index contributed by atoms with van der Waals surface area (Å²) in [6.07, 6.45) is 2.92. The maximum absolute atomic E-state index is 11.9. The number of fused-ring (bicyclic) bond motifs is 1. The van der Waals surface area contributed by atoms with E-state index in [2.05, 4.69) is 4.74 Å². The first-order valence-electron chi connectivity index (χ1n) is 7.16. The smallest absolute Gasteiger partial charge is 0.338 e. The van der Waals surface area contributed by atoms with Gasteiger partial charge >= 0.3 is 5.97 Å². The van der Waals surface area contributed by atoms with Crippen LogP contribution in [0.4, 0.5) is 5.69 Å². The van der Waals surface area contributed by atoms with Crippen LogP contribution >= 0.6 is 0 Å². The van der Waals surface area contributed by atoms with Crippen molar-refractivity contribution in [2.24, 2.45) is 5.73 Å². The van der Waals surface area contributed by atoms with Gasteiger partial charge in [0.25, 0.3) is 0 Å². The Morgan fingerprint density at radius 1 is 1.19 bits per heavy atom. The van der Waals surface area contributed by atoms with Crippen LogP contribution in [0.25, 0.3) is 6.08 Å². The molecule has 1 amide bonds. The maximum atomic E-state index is 11.9. The SMILES string of the molecule is COC(=O)c1cc(Oc2cccc3c2C=CON3O)ccc1C(N)=O.[B]. The van der Waals surface area contributed by atoms with Gasteiger partial charge < -0.3 is 20.0 Å². The van der Waals surface area contributed by atoms with Gasteiger partial charge in [0.05, 0.1) is 18.2 Å². The third kappa shape index (κ3) is 3.47. The van der Waals surface area contributed by atoms with Crippen molar-refractivity contribution in [3.8, 4) is 11.5 Å². The molecule has 0 atom stereocenters. The van der Waals surface area contributed by atoms with Crippen molar-refractivity contribution in [2.45, 2.75) is 0 Å². The fourth-order valence-electron chi connectivity index (χ4n) is 2.38. The summed E-state index contributed by atoms with van der Waals surface area (Å²) in [5.74, 6) is -0.744. The average Bonchev–Trinajstić information content (AvgIpc) is 2.61. The standard InChI is InChI=1S/C17H14N2O6.B/c1-23-17(21)13-9-10(5-6-11(13)16(18)20)25-15-4-2-3-14-12(15)7-8-24-19(14)22;/h2-9,22H,1H3,(H2,18,20);. The highest BCUT2D eigenvalue weighted by Crippen LogP contribution is 2.36. The molecular formula is C17H14BN2O6. The van der Waals surface area contributed by atoms with Crippen molar-refractivity contribution in [3.63, 3.8) is 0 Å². The number of nitrogens with zero attached hydrogens (tertiary/aromatic N) is 1. The van der Waals surface area contributed by atoms with Gasteiger partial charge in [0.1, 0.15) is 23.4 Å². The zero-order chi connectivity index (χ0) is 18.0. The normalized spacial score (nSPS) is 11.7. The van der Waals surface area contributed by atoms with E-state index >= 15 is 0 Å². The number of benzene rings is 2. The molecular weight excluding hydrogens is 339 g/mol. The summed E-state index contributed by atoms with van der Waals surface area (Å²) in [4.78, 5) is 28.2. The number of amides is 1. The maximum Gasteiger partial charge on any atom is 0.338 e. The second-order valence-corrected chi connectivity index (χ2v) is 5.04. The molecule has 2 aromatic rings. The first-order valence-corrected chi connectivity index (χ1v) is 7.16. The average molecular weight is 353 g/mol. The minimum Gasteiger partial charge on any atom is -0.465 e. The molecule has 0 aliphatic carbocycles. The molecule has 0 aromatic heterocycles. The molecule has 131 valence electrons. The molecule has 0 bridgehead atoms. The molecule has 26 heavy (non-hydrogen) atoms. The van der Waals surface area contributed by atoms with Crippen LogP contribution in [0.2, 0.25) is 0 Å². The van der Waals surface area contributed by atoms with Crippen molar-refractivity contribution in [1.82, 2.24) is 0 Å². The highest BCUT2D eigenvalue weighted by molar-refractivity contribution is 6.05. The largest absolute Gasteiger partial charge is 0.465 e. The minimum absolute atomic E-state index is 0. The van der Waals surface area contributed by atoms with Gasteiger partial charge in [-0.25, -0.2) is 4.79 Å². The fourth-order valence-corrected chi connectivity index (χ4v) is 2.38. The number of nitrogens with two attached hydrogens (primary N) is 1. The van der Waals surface area contributed by atoms with Gasteiger partial charge in [-0.05, 0) is 36.4 Å². The minimum atomic E-state index is -0.750. The number of carbonyl (C=O) groups is 2. The van der Waals surface area contributed by atoms with Gasteiger partial charge in [-0.1, -0.05) is 11.3 Å². The number of hydrogen-bond acceptors (Lipinski definition) is 7. The van der Waals surface area contributed by atoms with Gasteiger partial charge in [0.15, 0.2) is 0 Å². The Morgan fingerprint density at radius 2 is 1.96 bits per heavy atom. The second kappa shape index (κ2) is 7.62. The Balaban J connectivity index is 0.00000243. The predicted molar refractivity (Wildman–Crippen MR) is 93.0 cm³/mol. The highest BCUT2D eigenvalue weighted by atomic mass is 16.9. The van der Waals surface area contributed by atoms with Crippen LogP contribution in [0, 0.1) is 0 Å². The predicted octanol–water partition coefficient (Wildman–Crippen LogP) is 2.10. The van der Waals surface area contributed by atoms with Crippen molar-refractivity contribution in [2.75, 3.05) is 12.3 Å². The van der Waals surface area contributed by atoms with Crippen LogP contribution in [0.1, 0.15) is 26.3 Å². The third-order valence-electron chi connectivity index (χ3n) is 3.53. The third-order valence-corrected chi connectivity index (χ3v) is 3.53. The molecule has 0 fully saturated rings. The van der Waals surface area contributed by atoms with E-state index in [0.29, 0.717) is 28.0 Å². The quantitative estimate of drug-likeness (QED) is 0.639. The van der Waals surface area contributed by atoms with Crippen LogP contribution in [-0.4, -0.2) is 32.6 Å².